The van der Waals surface area contributed by atoms with Gasteiger partial charge in [0.15, 0.2) is 18.1 Å². The summed E-state index contributed by atoms with van der Waals surface area (Å²) in [5, 5.41) is 2.99. The van der Waals surface area contributed by atoms with Crippen LogP contribution in [0, 0.1) is 0 Å². The molecule has 1 aliphatic rings. The molecule has 3 N–H and O–H groups in total. The molecule has 1 fully saturated rings. The molecule has 0 atom stereocenters. The smallest absolute Gasteiger partial charge is 0.258 e. The maximum absolute atomic E-state index is 11.9. The lowest BCUT2D eigenvalue weighted by Crippen LogP contribution is -2.36. The van der Waals surface area contributed by atoms with Crippen LogP contribution in [-0.2, 0) is 11.3 Å². The van der Waals surface area contributed by atoms with Gasteiger partial charge in [-0.2, -0.15) is 0 Å². The van der Waals surface area contributed by atoms with Gasteiger partial charge >= 0.3 is 0 Å². The van der Waals surface area contributed by atoms with E-state index in [4.69, 9.17) is 15.2 Å². The standard InChI is InChI=1S/C15H22N2O3/c1-19-13-8-4-5-11(9-16)15(13)20-10-14(18)17-12-6-2-3-7-12/h4-5,8,12H,2-3,6-7,9-10,16H2,1H3,(H,17,18). The van der Waals surface area contributed by atoms with Crippen LogP contribution >= 0.6 is 0 Å². The number of rotatable bonds is 6. The second-order valence-electron chi connectivity index (χ2n) is 4.99. The molecular weight excluding hydrogens is 256 g/mol. The molecule has 1 aromatic rings. The lowest BCUT2D eigenvalue weighted by atomic mass is 10.2. The van der Waals surface area contributed by atoms with Gasteiger partial charge in [0.2, 0.25) is 0 Å². The topological polar surface area (TPSA) is 73.6 Å². The average molecular weight is 278 g/mol. The van der Waals surface area contributed by atoms with Crippen molar-refractivity contribution in [3.63, 3.8) is 0 Å². The fourth-order valence-corrected chi connectivity index (χ4v) is 2.52. The number of benzene rings is 1. The maximum Gasteiger partial charge on any atom is 0.258 e. The fourth-order valence-electron chi connectivity index (χ4n) is 2.52. The zero-order chi connectivity index (χ0) is 14.4. The highest BCUT2D eigenvalue weighted by Gasteiger charge is 2.18. The largest absolute Gasteiger partial charge is 0.493 e. The first-order valence-corrected chi connectivity index (χ1v) is 7.02. The second kappa shape index (κ2) is 7.14. The van der Waals surface area contributed by atoms with E-state index in [0.29, 0.717) is 24.1 Å². The molecule has 0 unspecified atom stereocenters. The highest BCUT2D eigenvalue weighted by atomic mass is 16.5. The molecule has 5 nitrogen and oxygen atoms in total. The minimum atomic E-state index is -0.0919. The summed E-state index contributed by atoms with van der Waals surface area (Å²) in [6, 6.07) is 5.82. The van der Waals surface area contributed by atoms with Gasteiger partial charge in [-0.25, -0.2) is 0 Å². The Labute approximate surface area is 119 Å². The summed E-state index contributed by atoms with van der Waals surface area (Å²) >= 11 is 0. The fraction of sp³-hybridized carbons (Fsp3) is 0.533. The number of para-hydroxylation sites is 1. The number of amides is 1. The van der Waals surface area contributed by atoms with Crippen molar-refractivity contribution in [3.8, 4) is 11.5 Å². The quantitative estimate of drug-likeness (QED) is 0.829. The molecule has 1 aromatic carbocycles. The van der Waals surface area contributed by atoms with Crippen molar-refractivity contribution >= 4 is 5.91 Å². The van der Waals surface area contributed by atoms with Gasteiger partial charge in [-0.05, 0) is 18.9 Å². The van der Waals surface area contributed by atoms with Crippen LogP contribution in [0.4, 0.5) is 0 Å². The molecule has 1 amide bonds. The van der Waals surface area contributed by atoms with Gasteiger partial charge in [0, 0.05) is 18.2 Å². The summed E-state index contributed by atoms with van der Waals surface area (Å²) in [6.07, 6.45) is 4.51. The van der Waals surface area contributed by atoms with Crippen molar-refractivity contribution < 1.29 is 14.3 Å². The van der Waals surface area contributed by atoms with E-state index in [1.807, 2.05) is 12.1 Å². The van der Waals surface area contributed by atoms with Crippen LogP contribution in [0.3, 0.4) is 0 Å². The molecule has 1 saturated carbocycles. The zero-order valence-corrected chi connectivity index (χ0v) is 11.9. The number of nitrogens with one attached hydrogen (secondary N) is 1. The number of methoxy groups -OCH3 is 1. The molecule has 20 heavy (non-hydrogen) atoms. The van der Waals surface area contributed by atoms with E-state index in [2.05, 4.69) is 5.32 Å². The van der Waals surface area contributed by atoms with Crippen LogP contribution in [0.2, 0.25) is 0 Å². The molecule has 0 spiro atoms. The normalized spacial score (nSPS) is 15.1. The number of carbonyl (C=O) groups excluding carboxylic acids is 1. The Kier molecular flexibility index (Phi) is 5.24. The summed E-state index contributed by atoms with van der Waals surface area (Å²) in [5.41, 5.74) is 6.51. The van der Waals surface area contributed by atoms with Gasteiger partial charge in [-0.15, -0.1) is 0 Å². The number of nitrogens with two attached hydrogens (primary N) is 1. The third-order valence-corrected chi connectivity index (χ3v) is 3.57. The van der Waals surface area contributed by atoms with Gasteiger partial charge in [0.1, 0.15) is 0 Å². The first kappa shape index (κ1) is 14.7. The molecule has 5 heteroatoms. The Morgan fingerprint density at radius 3 is 2.80 bits per heavy atom. The van der Waals surface area contributed by atoms with Crippen molar-refractivity contribution in [2.75, 3.05) is 13.7 Å². The molecule has 2 rings (SSSR count). The first-order chi connectivity index (χ1) is 9.74. The van der Waals surface area contributed by atoms with E-state index in [-0.39, 0.29) is 12.5 Å². The Hall–Kier alpha value is -1.75. The van der Waals surface area contributed by atoms with Gasteiger partial charge in [0.05, 0.1) is 7.11 Å². The molecular formula is C15H22N2O3. The number of hydrogen-bond donors (Lipinski definition) is 2. The monoisotopic (exact) mass is 278 g/mol. The molecule has 0 radical (unpaired) electrons. The van der Waals surface area contributed by atoms with Crippen LogP contribution in [0.1, 0.15) is 31.2 Å². The summed E-state index contributed by atoms with van der Waals surface area (Å²) in [6.45, 7) is 0.334. The van der Waals surface area contributed by atoms with E-state index >= 15 is 0 Å². The van der Waals surface area contributed by atoms with Crippen LogP contribution < -0.4 is 20.5 Å². The maximum atomic E-state index is 11.9. The van der Waals surface area contributed by atoms with Crippen molar-refractivity contribution in [3.05, 3.63) is 23.8 Å². The molecule has 0 aliphatic heterocycles. The zero-order valence-electron chi connectivity index (χ0n) is 11.9. The molecule has 0 saturated heterocycles. The van der Waals surface area contributed by atoms with Crippen LogP contribution in [0.5, 0.6) is 11.5 Å². The lowest BCUT2D eigenvalue weighted by Gasteiger charge is -2.15. The number of ether oxygens (including phenoxy) is 2. The summed E-state index contributed by atoms with van der Waals surface area (Å²) < 4.78 is 10.8. The Morgan fingerprint density at radius 2 is 2.15 bits per heavy atom. The predicted molar refractivity (Wildman–Crippen MR) is 76.8 cm³/mol. The second-order valence-corrected chi connectivity index (χ2v) is 4.99. The summed E-state index contributed by atoms with van der Waals surface area (Å²) in [4.78, 5) is 11.9. The van der Waals surface area contributed by atoms with Crippen LogP contribution in [0.15, 0.2) is 18.2 Å². The molecule has 1 aliphatic carbocycles. The van der Waals surface area contributed by atoms with Gasteiger partial charge in [-0.1, -0.05) is 25.0 Å². The van der Waals surface area contributed by atoms with Crippen LogP contribution in [-0.4, -0.2) is 25.7 Å². The van der Waals surface area contributed by atoms with Crippen LogP contribution in [0.25, 0.3) is 0 Å². The van der Waals surface area contributed by atoms with E-state index in [1.165, 1.54) is 12.8 Å². The third-order valence-electron chi connectivity index (χ3n) is 3.57. The summed E-state index contributed by atoms with van der Waals surface area (Å²) in [7, 11) is 1.57. The van der Waals surface area contributed by atoms with Crippen molar-refractivity contribution in [1.82, 2.24) is 5.32 Å². The van der Waals surface area contributed by atoms with Crippen molar-refractivity contribution in [2.24, 2.45) is 5.73 Å². The number of hydrogen-bond acceptors (Lipinski definition) is 4. The highest BCUT2D eigenvalue weighted by molar-refractivity contribution is 5.78. The van der Waals surface area contributed by atoms with Gasteiger partial charge in [-0.3, -0.25) is 4.79 Å². The van der Waals surface area contributed by atoms with E-state index in [0.717, 1.165) is 18.4 Å². The highest BCUT2D eigenvalue weighted by Crippen LogP contribution is 2.30. The van der Waals surface area contributed by atoms with Gasteiger partial charge < -0.3 is 20.5 Å². The van der Waals surface area contributed by atoms with E-state index in [1.54, 1.807) is 13.2 Å². The molecule has 0 heterocycles. The SMILES string of the molecule is COc1cccc(CN)c1OCC(=O)NC1CCCC1. The minimum absolute atomic E-state index is 0.0100. The molecule has 0 bridgehead atoms. The predicted octanol–water partition coefficient (Wildman–Crippen LogP) is 1.59. The minimum Gasteiger partial charge on any atom is -0.493 e. The lowest BCUT2D eigenvalue weighted by molar-refractivity contribution is -0.123. The summed E-state index contributed by atoms with van der Waals surface area (Å²) in [5.74, 6) is 1.06. The van der Waals surface area contributed by atoms with Crippen molar-refractivity contribution in [1.29, 1.82) is 0 Å². The first-order valence-electron chi connectivity index (χ1n) is 7.02. The Bertz CT molecular complexity index is 434. The van der Waals surface area contributed by atoms with Crippen molar-refractivity contribution in [2.45, 2.75) is 38.3 Å². The van der Waals surface area contributed by atoms with E-state index in [9.17, 15) is 4.79 Å². The third kappa shape index (κ3) is 3.63. The van der Waals surface area contributed by atoms with E-state index < -0.39 is 0 Å². The number of carbonyl (C=O) groups is 1. The Balaban J connectivity index is 1.93. The molecule has 0 aromatic heterocycles. The molecule has 110 valence electrons. The Morgan fingerprint density at radius 1 is 1.40 bits per heavy atom. The van der Waals surface area contributed by atoms with Gasteiger partial charge in [0.25, 0.3) is 5.91 Å². The average Bonchev–Trinajstić information content (AvgIpc) is 2.97.